The first-order valence-electron chi connectivity index (χ1n) is 10.5. The zero-order chi connectivity index (χ0) is 20.1. The van der Waals surface area contributed by atoms with Crippen LogP contribution in [0.15, 0.2) is 12.1 Å². The number of fused-ring (bicyclic) bond motifs is 1. The molecule has 2 aromatic rings. The Bertz CT molecular complexity index is 657. The van der Waals surface area contributed by atoms with Crippen molar-refractivity contribution in [1.82, 2.24) is 0 Å². The highest BCUT2D eigenvalue weighted by Crippen LogP contribution is 2.33. The molecule has 0 bridgehead atoms. The second-order valence-electron chi connectivity index (χ2n) is 8.87. The van der Waals surface area contributed by atoms with Crippen LogP contribution >= 0.6 is 22.7 Å². The highest BCUT2D eigenvalue weighted by molar-refractivity contribution is 7.32. The largest absolute Gasteiger partial charge is 0.426 e. The van der Waals surface area contributed by atoms with E-state index in [2.05, 4.69) is 26.0 Å². The summed E-state index contributed by atoms with van der Waals surface area (Å²) >= 11 is 3.79. The summed E-state index contributed by atoms with van der Waals surface area (Å²) in [5.74, 6) is 0.841. The molecule has 2 aromatic heterocycles. The quantitative estimate of drug-likeness (QED) is 0.434. The minimum atomic E-state index is -0.860. The van der Waals surface area contributed by atoms with Crippen LogP contribution in [0.25, 0.3) is 9.40 Å². The van der Waals surface area contributed by atoms with Crippen LogP contribution in [0.2, 0.25) is 0 Å². The average molecular weight is 408 g/mol. The Morgan fingerprint density at radius 3 is 2.11 bits per heavy atom. The van der Waals surface area contributed by atoms with Gasteiger partial charge in [-0.1, -0.05) is 52.4 Å². The molecule has 0 saturated carbocycles. The predicted octanol–water partition coefficient (Wildman–Crippen LogP) is 6.04. The fourth-order valence-corrected chi connectivity index (χ4v) is 5.63. The molecule has 0 unspecified atom stereocenters. The number of hydrogen-bond acceptors (Lipinski definition) is 4. The van der Waals surface area contributed by atoms with Gasteiger partial charge in [0.25, 0.3) is 0 Å². The van der Waals surface area contributed by atoms with Crippen molar-refractivity contribution in [2.24, 2.45) is 5.92 Å². The third-order valence-electron chi connectivity index (χ3n) is 5.78. The molecule has 0 aliphatic heterocycles. The summed E-state index contributed by atoms with van der Waals surface area (Å²) in [6.07, 6.45) is 9.28. The molecule has 0 amide bonds. The summed E-state index contributed by atoms with van der Waals surface area (Å²) in [5.41, 5.74) is -1.43. The van der Waals surface area contributed by atoms with Crippen molar-refractivity contribution in [2.75, 3.05) is 0 Å². The Balaban J connectivity index is 1.99. The molecule has 2 rings (SSSR count). The van der Waals surface area contributed by atoms with Crippen LogP contribution in [-0.2, 0) is 11.1 Å². The van der Waals surface area contributed by atoms with Crippen LogP contribution in [0, 0.1) is 5.92 Å². The molecule has 27 heavy (non-hydrogen) atoms. The summed E-state index contributed by atoms with van der Waals surface area (Å²) in [5, 5.41) is 10.2. The maximum absolute atomic E-state index is 10.2. The third-order valence-corrected chi connectivity index (χ3v) is 8.07. The van der Waals surface area contributed by atoms with E-state index < -0.39 is 11.2 Å². The lowest BCUT2D eigenvalue weighted by atomic mass is 9.86. The lowest BCUT2D eigenvalue weighted by Crippen LogP contribution is -2.49. The van der Waals surface area contributed by atoms with Crippen molar-refractivity contribution in [3.05, 3.63) is 17.0 Å². The van der Waals surface area contributed by atoms with Crippen LogP contribution in [0.4, 0.5) is 0 Å². The van der Waals surface area contributed by atoms with Crippen LogP contribution in [0.1, 0.15) is 84.9 Å². The Hall–Kier alpha value is -0.355. The number of aliphatic hydroxyl groups is 1. The molecule has 0 aromatic carbocycles. The first kappa shape index (κ1) is 22.9. The van der Waals surface area contributed by atoms with Crippen LogP contribution in [0.5, 0.6) is 0 Å². The van der Waals surface area contributed by atoms with Gasteiger partial charge in [-0.2, -0.15) is 0 Å². The fraction of sp³-hybridized carbons (Fsp3) is 0.727. The Morgan fingerprint density at radius 1 is 1.00 bits per heavy atom. The van der Waals surface area contributed by atoms with E-state index in [0.717, 1.165) is 5.92 Å². The van der Waals surface area contributed by atoms with Gasteiger partial charge >= 0.3 is 7.48 Å². The molecule has 0 saturated heterocycles. The molecule has 0 aliphatic rings. The Labute approximate surface area is 174 Å². The van der Waals surface area contributed by atoms with Gasteiger partial charge in [-0.3, -0.25) is 0 Å². The smallest absolute Gasteiger partial charge is 0.319 e. The maximum Gasteiger partial charge on any atom is 0.319 e. The third kappa shape index (κ3) is 6.59. The molecular formula is C22H37BO2S2. The number of hydrogen-bond donors (Lipinski definition) is 1. The van der Waals surface area contributed by atoms with Gasteiger partial charge in [0.05, 0.1) is 11.2 Å². The van der Waals surface area contributed by atoms with E-state index in [1.807, 2.05) is 36.5 Å². The van der Waals surface area contributed by atoms with Gasteiger partial charge in [0.2, 0.25) is 0 Å². The topological polar surface area (TPSA) is 29.5 Å². The number of unbranched alkanes of at least 4 members (excludes halogenated alkanes) is 2. The van der Waals surface area contributed by atoms with Crippen LogP contribution in [0.3, 0.4) is 0 Å². The van der Waals surface area contributed by atoms with E-state index in [1.165, 1.54) is 64.0 Å². The van der Waals surface area contributed by atoms with Gasteiger partial charge in [-0.15, -0.1) is 22.7 Å². The van der Waals surface area contributed by atoms with E-state index in [1.54, 1.807) is 13.8 Å². The predicted molar refractivity (Wildman–Crippen MR) is 124 cm³/mol. The summed E-state index contributed by atoms with van der Waals surface area (Å²) < 4.78 is 10.0. The molecule has 0 radical (unpaired) electrons. The first-order chi connectivity index (χ1) is 12.7. The van der Waals surface area contributed by atoms with Gasteiger partial charge in [-0.05, 0) is 52.2 Å². The van der Waals surface area contributed by atoms with Crippen molar-refractivity contribution >= 4 is 44.3 Å². The van der Waals surface area contributed by atoms with Crippen LogP contribution in [-0.4, -0.2) is 23.8 Å². The van der Waals surface area contributed by atoms with Gasteiger partial charge in [-0.25, -0.2) is 0 Å². The monoisotopic (exact) mass is 408 g/mol. The van der Waals surface area contributed by atoms with Crippen molar-refractivity contribution < 1.29 is 9.76 Å². The van der Waals surface area contributed by atoms with E-state index in [0.29, 0.717) is 7.48 Å². The zero-order valence-corrected chi connectivity index (χ0v) is 19.7. The van der Waals surface area contributed by atoms with Crippen molar-refractivity contribution in [3.63, 3.8) is 0 Å². The lowest BCUT2D eigenvalue weighted by Gasteiger charge is -2.37. The van der Waals surface area contributed by atoms with Crippen molar-refractivity contribution in [3.8, 4) is 0 Å². The van der Waals surface area contributed by atoms with Gasteiger partial charge in [0.15, 0.2) is 0 Å². The average Bonchev–Trinajstić information content (AvgIpc) is 3.12. The summed E-state index contributed by atoms with van der Waals surface area (Å²) in [6, 6.07) is 4.68. The van der Waals surface area contributed by atoms with E-state index in [-0.39, 0.29) is 0 Å². The molecule has 152 valence electrons. The molecule has 2 nitrogen and oxygen atoms in total. The number of rotatable bonds is 12. The molecule has 5 heteroatoms. The molecular weight excluding hydrogens is 371 g/mol. The minimum absolute atomic E-state index is 0.564. The van der Waals surface area contributed by atoms with Gasteiger partial charge < -0.3 is 9.76 Å². The van der Waals surface area contributed by atoms with Crippen LogP contribution < -0.4 is 4.78 Å². The second kappa shape index (κ2) is 9.91. The Morgan fingerprint density at radius 2 is 1.59 bits per heavy atom. The summed E-state index contributed by atoms with van der Waals surface area (Å²) in [6.45, 7) is 12.1. The van der Waals surface area contributed by atoms with E-state index in [4.69, 9.17) is 4.65 Å². The summed E-state index contributed by atoms with van der Waals surface area (Å²) in [4.78, 5) is 1.54. The normalized spacial score (nSPS) is 13.0. The molecule has 0 aliphatic carbocycles. The van der Waals surface area contributed by atoms with E-state index in [9.17, 15) is 5.11 Å². The SMILES string of the molecule is CCCCC(CCCC)Cc1cc2sc(BOC(C)(C)C(C)(C)O)cc2s1. The minimum Gasteiger partial charge on any atom is -0.426 e. The van der Waals surface area contributed by atoms with Gasteiger partial charge in [0.1, 0.15) is 0 Å². The first-order valence-corrected chi connectivity index (χ1v) is 12.2. The second-order valence-corrected chi connectivity index (χ2v) is 11.2. The molecule has 0 atom stereocenters. The molecule has 0 spiro atoms. The summed E-state index contributed by atoms with van der Waals surface area (Å²) in [7, 11) is 0.564. The fourth-order valence-electron chi connectivity index (χ4n) is 3.15. The molecule has 0 fully saturated rings. The maximum atomic E-state index is 10.2. The van der Waals surface area contributed by atoms with Gasteiger partial charge in [0, 0.05) is 19.1 Å². The lowest BCUT2D eigenvalue weighted by molar-refractivity contribution is -0.0892. The molecule has 2 heterocycles. The highest BCUT2D eigenvalue weighted by atomic mass is 32.1. The molecule has 1 N–H and O–H groups in total. The van der Waals surface area contributed by atoms with Crippen molar-refractivity contribution in [2.45, 2.75) is 97.7 Å². The Kier molecular flexibility index (Phi) is 8.42. The van der Waals surface area contributed by atoms with Crippen molar-refractivity contribution in [1.29, 1.82) is 0 Å². The zero-order valence-electron chi connectivity index (χ0n) is 18.1. The van der Waals surface area contributed by atoms with E-state index >= 15 is 0 Å². The number of thiophene rings is 2. The highest BCUT2D eigenvalue weighted by Gasteiger charge is 2.35. The standard InChI is InChI=1S/C22H37BO2S2/c1-7-9-11-16(12-10-8-2)13-17-14-18-19(26-17)15-20(27-18)23-25-22(5,6)21(3,4)24/h14-16,23-24H,7-13H2,1-6H3.